The van der Waals surface area contributed by atoms with Crippen molar-refractivity contribution in [3.63, 3.8) is 0 Å². The Kier molecular flexibility index (Phi) is 5.39. The summed E-state index contributed by atoms with van der Waals surface area (Å²) >= 11 is 0. The summed E-state index contributed by atoms with van der Waals surface area (Å²) < 4.78 is 28.0. The van der Waals surface area contributed by atoms with Gasteiger partial charge in [-0.3, -0.25) is 4.79 Å². The van der Waals surface area contributed by atoms with E-state index in [0.717, 1.165) is 5.56 Å². The molecule has 0 aromatic heterocycles. The van der Waals surface area contributed by atoms with E-state index in [1.165, 1.54) is 0 Å². The fourth-order valence-corrected chi connectivity index (χ4v) is 2.56. The second-order valence-electron chi connectivity index (χ2n) is 5.99. The summed E-state index contributed by atoms with van der Waals surface area (Å²) in [6.07, 6.45) is 0. The molecule has 0 spiro atoms. The van der Waals surface area contributed by atoms with Crippen LogP contribution in [0.2, 0.25) is 0 Å². The lowest BCUT2D eigenvalue weighted by molar-refractivity contribution is -0.144. The van der Waals surface area contributed by atoms with Crippen molar-refractivity contribution in [2.24, 2.45) is 0 Å². The lowest BCUT2D eigenvalue weighted by Gasteiger charge is -2.19. The number of anilines is 1. The molecule has 1 unspecified atom stereocenters. The Morgan fingerprint density at radius 2 is 1.95 bits per heavy atom. The molecule has 1 rings (SSSR count). The second kappa shape index (κ2) is 6.47. The average Bonchev–Trinajstić information content (AvgIpc) is 2.36. The van der Waals surface area contributed by atoms with Crippen LogP contribution in [0.15, 0.2) is 24.3 Å². The van der Waals surface area contributed by atoms with Crippen molar-refractivity contribution in [1.29, 1.82) is 0 Å². The molecule has 1 atom stereocenters. The molecule has 1 aromatic carbocycles. The van der Waals surface area contributed by atoms with E-state index in [0.29, 0.717) is 5.69 Å². The van der Waals surface area contributed by atoms with E-state index >= 15 is 0 Å². The van der Waals surface area contributed by atoms with Gasteiger partial charge in [-0.05, 0) is 45.4 Å². The summed E-state index contributed by atoms with van der Waals surface area (Å²) in [5.74, 6) is -1.11. The standard InChI is InChI=1S/C15H23NO4S/c1-11(12-6-5-7-13(16)10-12)14(17)20-8-9-21(18,19)15(2,3)4/h5-7,10-11H,8-9,16H2,1-4H3. The lowest BCUT2D eigenvalue weighted by atomic mass is 10.0. The van der Waals surface area contributed by atoms with Gasteiger partial charge in [0, 0.05) is 5.69 Å². The quantitative estimate of drug-likeness (QED) is 0.664. The monoisotopic (exact) mass is 313 g/mol. The molecule has 0 bridgehead atoms. The number of nitrogens with two attached hydrogens (primary N) is 1. The zero-order valence-corrected chi connectivity index (χ0v) is 13.7. The minimum Gasteiger partial charge on any atom is -0.464 e. The van der Waals surface area contributed by atoms with Crippen molar-refractivity contribution in [1.82, 2.24) is 0 Å². The number of rotatable bonds is 5. The van der Waals surface area contributed by atoms with Crippen molar-refractivity contribution in [3.05, 3.63) is 29.8 Å². The molecule has 2 N–H and O–H groups in total. The molecule has 0 saturated heterocycles. The molecule has 6 heteroatoms. The van der Waals surface area contributed by atoms with Crippen LogP contribution in [0.25, 0.3) is 0 Å². The summed E-state index contributed by atoms with van der Waals surface area (Å²) in [7, 11) is -3.29. The van der Waals surface area contributed by atoms with Crippen LogP contribution in [0, 0.1) is 0 Å². The highest BCUT2D eigenvalue weighted by molar-refractivity contribution is 7.92. The van der Waals surface area contributed by atoms with E-state index in [9.17, 15) is 13.2 Å². The summed E-state index contributed by atoms with van der Waals surface area (Å²) in [5.41, 5.74) is 6.99. The molecule has 0 aliphatic heterocycles. The largest absolute Gasteiger partial charge is 0.464 e. The van der Waals surface area contributed by atoms with Crippen molar-refractivity contribution in [2.45, 2.75) is 38.4 Å². The fraction of sp³-hybridized carbons (Fsp3) is 0.533. The van der Waals surface area contributed by atoms with Gasteiger partial charge >= 0.3 is 5.97 Å². The van der Waals surface area contributed by atoms with Crippen LogP contribution in [-0.4, -0.2) is 31.5 Å². The number of benzene rings is 1. The molecule has 118 valence electrons. The number of ether oxygens (including phenoxy) is 1. The number of nitrogen functional groups attached to an aromatic ring is 1. The molecule has 0 amide bonds. The lowest BCUT2D eigenvalue weighted by Crippen LogP contribution is -2.32. The van der Waals surface area contributed by atoms with Crippen molar-refractivity contribution < 1.29 is 17.9 Å². The minimum atomic E-state index is -3.29. The number of carbonyl (C=O) groups is 1. The molecule has 5 nitrogen and oxygen atoms in total. The van der Waals surface area contributed by atoms with Gasteiger partial charge in [-0.2, -0.15) is 0 Å². The molecular weight excluding hydrogens is 290 g/mol. The van der Waals surface area contributed by atoms with Gasteiger partial charge in [0.05, 0.1) is 16.4 Å². The Morgan fingerprint density at radius 1 is 1.33 bits per heavy atom. The maximum Gasteiger partial charge on any atom is 0.313 e. The van der Waals surface area contributed by atoms with E-state index in [-0.39, 0.29) is 12.4 Å². The van der Waals surface area contributed by atoms with Crippen LogP contribution in [0.3, 0.4) is 0 Å². The Hall–Kier alpha value is -1.56. The number of hydrogen-bond acceptors (Lipinski definition) is 5. The van der Waals surface area contributed by atoms with Crippen molar-refractivity contribution in [2.75, 3.05) is 18.1 Å². The van der Waals surface area contributed by atoms with Crippen LogP contribution >= 0.6 is 0 Å². The number of carbonyl (C=O) groups excluding carboxylic acids is 1. The Balaban J connectivity index is 2.59. The molecule has 0 fully saturated rings. The third-order valence-corrected chi connectivity index (χ3v) is 5.86. The van der Waals surface area contributed by atoms with Crippen molar-refractivity contribution in [3.8, 4) is 0 Å². The van der Waals surface area contributed by atoms with Gasteiger partial charge in [0.1, 0.15) is 6.61 Å². The summed E-state index contributed by atoms with van der Waals surface area (Å²) in [6, 6.07) is 6.99. The molecular formula is C15H23NO4S. The minimum absolute atomic E-state index is 0.134. The second-order valence-corrected chi connectivity index (χ2v) is 8.85. The molecule has 0 radical (unpaired) electrons. The van der Waals surface area contributed by atoms with Crippen LogP contribution in [0.1, 0.15) is 39.2 Å². The average molecular weight is 313 g/mol. The first-order valence-electron chi connectivity index (χ1n) is 6.79. The number of esters is 1. The summed E-state index contributed by atoms with van der Waals surface area (Å²) in [5, 5.41) is 0. The Morgan fingerprint density at radius 3 is 2.48 bits per heavy atom. The third-order valence-electron chi connectivity index (χ3n) is 3.29. The normalized spacial score (nSPS) is 13.7. The highest BCUT2D eigenvalue weighted by atomic mass is 32.2. The first-order valence-corrected chi connectivity index (χ1v) is 8.44. The Labute approximate surface area is 126 Å². The van der Waals surface area contributed by atoms with Gasteiger partial charge in [-0.1, -0.05) is 12.1 Å². The third kappa shape index (κ3) is 4.74. The molecule has 0 saturated carbocycles. The highest BCUT2D eigenvalue weighted by Gasteiger charge is 2.29. The first kappa shape index (κ1) is 17.5. The summed E-state index contributed by atoms with van der Waals surface area (Å²) in [6.45, 7) is 6.44. The van der Waals surface area contributed by atoms with E-state index in [1.54, 1.807) is 52.0 Å². The molecule has 21 heavy (non-hydrogen) atoms. The van der Waals surface area contributed by atoms with Crippen LogP contribution < -0.4 is 5.73 Å². The molecule has 0 heterocycles. The van der Waals surface area contributed by atoms with Gasteiger partial charge in [0.15, 0.2) is 9.84 Å². The highest BCUT2D eigenvalue weighted by Crippen LogP contribution is 2.20. The van der Waals surface area contributed by atoms with Crippen LogP contribution in [0.5, 0.6) is 0 Å². The number of sulfone groups is 1. The fourth-order valence-electron chi connectivity index (χ4n) is 1.65. The van der Waals surface area contributed by atoms with Crippen LogP contribution in [-0.2, 0) is 19.4 Å². The zero-order valence-electron chi connectivity index (χ0n) is 12.9. The maximum absolute atomic E-state index is 11.9. The molecule has 0 aliphatic rings. The molecule has 1 aromatic rings. The van der Waals surface area contributed by atoms with Crippen LogP contribution in [0.4, 0.5) is 5.69 Å². The van der Waals surface area contributed by atoms with E-state index in [2.05, 4.69) is 0 Å². The predicted octanol–water partition coefficient (Wildman–Crippen LogP) is 2.13. The Bertz CT molecular complexity index is 602. The van der Waals surface area contributed by atoms with E-state index < -0.39 is 26.5 Å². The van der Waals surface area contributed by atoms with Gasteiger partial charge in [-0.25, -0.2) is 8.42 Å². The number of hydrogen-bond donors (Lipinski definition) is 1. The smallest absolute Gasteiger partial charge is 0.313 e. The van der Waals surface area contributed by atoms with E-state index in [1.807, 2.05) is 0 Å². The summed E-state index contributed by atoms with van der Waals surface area (Å²) in [4.78, 5) is 11.9. The maximum atomic E-state index is 11.9. The zero-order chi connectivity index (χ0) is 16.3. The van der Waals surface area contributed by atoms with Gasteiger partial charge in [-0.15, -0.1) is 0 Å². The topological polar surface area (TPSA) is 86.5 Å². The first-order chi connectivity index (χ1) is 9.54. The van der Waals surface area contributed by atoms with Crippen molar-refractivity contribution >= 4 is 21.5 Å². The molecule has 0 aliphatic carbocycles. The van der Waals surface area contributed by atoms with Gasteiger partial charge in [0.25, 0.3) is 0 Å². The van der Waals surface area contributed by atoms with E-state index in [4.69, 9.17) is 10.5 Å². The van der Waals surface area contributed by atoms with Gasteiger partial charge in [0.2, 0.25) is 0 Å². The predicted molar refractivity (Wildman–Crippen MR) is 83.8 cm³/mol. The SMILES string of the molecule is CC(C(=O)OCCS(=O)(=O)C(C)(C)C)c1cccc(N)c1. The van der Waals surface area contributed by atoms with Gasteiger partial charge < -0.3 is 10.5 Å².